The van der Waals surface area contributed by atoms with Gasteiger partial charge in [-0.1, -0.05) is 13.8 Å². The van der Waals surface area contributed by atoms with Crippen molar-refractivity contribution in [2.75, 3.05) is 18.6 Å². The van der Waals surface area contributed by atoms with Crippen LogP contribution in [0.2, 0.25) is 0 Å². The van der Waals surface area contributed by atoms with Crippen molar-refractivity contribution < 1.29 is 13.2 Å². The van der Waals surface area contributed by atoms with Gasteiger partial charge in [0.05, 0.1) is 11.6 Å². The Morgan fingerprint density at radius 3 is 2.17 bits per heavy atom. The molecule has 0 rings (SSSR count). The molecular weight excluding hydrogens is 252 g/mol. The van der Waals surface area contributed by atoms with E-state index in [1.54, 1.807) is 0 Å². The van der Waals surface area contributed by atoms with Crippen LogP contribution in [0.1, 0.15) is 46.5 Å². The molecule has 0 aromatic heterocycles. The molecule has 6 heteroatoms. The van der Waals surface area contributed by atoms with Crippen molar-refractivity contribution >= 4 is 9.84 Å². The van der Waals surface area contributed by atoms with E-state index in [9.17, 15) is 8.42 Å². The second-order valence-corrected chi connectivity index (χ2v) is 6.96. The zero-order valence-corrected chi connectivity index (χ0v) is 12.8. The molecule has 0 bridgehead atoms. The highest BCUT2D eigenvalue weighted by molar-refractivity contribution is 7.90. The maximum Gasteiger partial charge on any atom is 0.147 e. The molecule has 0 heterocycles. The minimum absolute atomic E-state index is 0.0193. The standard InChI is InChI=1S/C12H28N2O3S/c1-5-12(6-2,17-7-3)11(14-13)9-8-10-18(4,15)16/h11,14H,5-10,13H2,1-4H3. The van der Waals surface area contributed by atoms with E-state index in [-0.39, 0.29) is 17.4 Å². The third kappa shape index (κ3) is 5.65. The summed E-state index contributed by atoms with van der Waals surface area (Å²) in [6, 6.07) is -0.0193. The highest BCUT2D eigenvalue weighted by atomic mass is 32.2. The van der Waals surface area contributed by atoms with Crippen molar-refractivity contribution in [1.29, 1.82) is 0 Å². The Kier molecular flexibility index (Phi) is 8.02. The van der Waals surface area contributed by atoms with Gasteiger partial charge in [0.2, 0.25) is 0 Å². The molecule has 0 aromatic rings. The highest BCUT2D eigenvalue weighted by Gasteiger charge is 2.35. The lowest BCUT2D eigenvalue weighted by molar-refractivity contribution is -0.0739. The fourth-order valence-electron chi connectivity index (χ4n) is 2.38. The van der Waals surface area contributed by atoms with E-state index >= 15 is 0 Å². The van der Waals surface area contributed by atoms with Crippen molar-refractivity contribution in [2.24, 2.45) is 5.84 Å². The second-order valence-electron chi connectivity index (χ2n) is 4.70. The van der Waals surface area contributed by atoms with Gasteiger partial charge in [0, 0.05) is 18.6 Å². The molecule has 0 radical (unpaired) electrons. The molecule has 1 atom stereocenters. The van der Waals surface area contributed by atoms with Gasteiger partial charge >= 0.3 is 0 Å². The first-order chi connectivity index (χ1) is 8.35. The van der Waals surface area contributed by atoms with Gasteiger partial charge in [-0.05, 0) is 32.6 Å². The molecule has 0 aliphatic rings. The summed E-state index contributed by atoms with van der Waals surface area (Å²) in [5.74, 6) is 5.81. The van der Waals surface area contributed by atoms with Crippen LogP contribution >= 0.6 is 0 Å². The Labute approximate surface area is 111 Å². The lowest BCUT2D eigenvalue weighted by Crippen LogP contribution is -2.54. The molecule has 0 fully saturated rings. The molecule has 0 aliphatic carbocycles. The summed E-state index contributed by atoms with van der Waals surface area (Å²) < 4.78 is 28.1. The lowest BCUT2D eigenvalue weighted by Gasteiger charge is -2.39. The van der Waals surface area contributed by atoms with Gasteiger partial charge in [0.25, 0.3) is 0 Å². The van der Waals surface area contributed by atoms with E-state index in [1.165, 1.54) is 6.26 Å². The molecule has 0 saturated carbocycles. The Hall–Kier alpha value is -0.170. The molecule has 0 spiro atoms. The molecule has 5 nitrogen and oxygen atoms in total. The average molecular weight is 280 g/mol. The number of hydrogen-bond donors (Lipinski definition) is 2. The second kappa shape index (κ2) is 8.09. The summed E-state index contributed by atoms with van der Waals surface area (Å²) in [5, 5.41) is 0. The minimum Gasteiger partial charge on any atom is -0.374 e. The van der Waals surface area contributed by atoms with Gasteiger partial charge in [-0.15, -0.1) is 0 Å². The Morgan fingerprint density at radius 1 is 1.28 bits per heavy atom. The van der Waals surface area contributed by atoms with Crippen LogP contribution in [-0.4, -0.2) is 38.7 Å². The monoisotopic (exact) mass is 280 g/mol. The maximum atomic E-state index is 11.1. The van der Waals surface area contributed by atoms with E-state index in [1.807, 2.05) is 6.92 Å². The number of hydrogen-bond acceptors (Lipinski definition) is 5. The molecule has 3 N–H and O–H groups in total. The fraction of sp³-hybridized carbons (Fsp3) is 1.00. The summed E-state index contributed by atoms with van der Waals surface area (Å²) in [7, 11) is -2.91. The molecule has 0 amide bonds. The highest BCUT2D eigenvalue weighted by Crippen LogP contribution is 2.27. The van der Waals surface area contributed by atoms with Gasteiger partial charge < -0.3 is 4.74 Å². The van der Waals surface area contributed by atoms with E-state index < -0.39 is 9.84 Å². The van der Waals surface area contributed by atoms with Crippen molar-refractivity contribution in [3.63, 3.8) is 0 Å². The summed E-state index contributed by atoms with van der Waals surface area (Å²) in [6.45, 7) is 6.73. The topological polar surface area (TPSA) is 81.4 Å². The summed E-state index contributed by atoms with van der Waals surface area (Å²) in [4.78, 5) is 0. The van der Waals surface area contributed by atoms with E-state index in [4.69, 9.17) is 10.6 Å². The SMILES string of the molecule is CCOC(CC)(CC)C(CCCS(C)(=O)=O)NN. The first kappa shape index (κ1) is 17.8. The molecule has 110 valence electrons. The quantitative estimate of drug-likeness (QED) is 0.465. The van der Waals surface area contributed by atoms with E-state index in [0.717, 1.165) is 12.8 Å². The van der Waals surface area contributed by atoms with Crippen LogP contribution in [0.5, 0.6) is 0 Å². The van der Waals surface area contributed by atoms with Crippen LogP contribution in [0.3, 0.4) is 0 Å². The number of nitrogens with two attached hydrogens (primary N) is 1. The summed E-state index contributed by atoms with van der Waals surface area (Å²) >= 11 is 0. The van der Waals surface area contributed by atoms with E-state index in [2.05, 4.69) is 19.3 Å². The fourth-order valence-corrected chi connectivity index (χ4v) is 3.07. The summed E-state index contributed by atoms with van der Waals surface area (Å²) in [6.07, 6.45) is 4.26. The number of ether oxygens (including phenoxy) is 1. The molecule has 0 saturated heterocycles. The van der Waals surface area contributed by atoms with Crippen molar-refractivity contribution in [2.45, 2.75) is 58.1 Å². The zero-order chi connectivity index (χ0) is 14.2. The van der Waals surface area contributed by atoms with Gasteiger partial charge in [-0.2, -0.15) is 0 Å². The molecule has 1 unspecified atom stereocenters. The predicted molar refractivity (Wildman–Crippen MR) is 75.0 cm³/mol. The first-order valence-corrected chi connectivity index (χ1v) is 8.69. The number of nitrogens with one attached hydrogen (secondary N) is 1. The van der Waals surface area contributed by atoms with Crippen LogP contribution in [0.4, 0.5) is 0 Å². The zero-order valence-electron chi connectivity index (χ0n) is 12.0. The third-order valence-electron chi connectivity index (χ3n) is 3.47. The Balaban J connectivity index is 4.60. The number of sulfone groups is 1. The molecular formula is C12H28N2O3S. The van der Waals surface area contributed by atoms with Crippen molar-refractivity contribution in [3.8, 4) is 0 Å². The van der Waals surface area contributed by atoms with Crippen LogP contribution in [0.25, 0.3) is 0 Å². The minimum atomic E-state index is -2.91. The smallest absolute Gasteiger partial charge is 0.147 e. The first-order valence-electron chi connectivity index (χ1n) is 6.63. The largest absolute Gasteiger partial charge is 0.374 e. The third-order valence-corrected chi connectivity index (χ3v) is 4.50. The van der Waals surface area contributed by atoms with Crippen molar-refractivity contribution in [3.05, 3.63) is 0 Å². The Bertz CT molecular complexity index is 313. The number of rotatable bonds is 10. The summed E-state index contributed by atoms with van der Waals surface area (Å²) in [5.41, 5.74) is 2.49. The molecule has 0 aromatic carbocycles. The van der Waals surface area contributed by atoms with Crippen LogP contribution in [0, 0.1) is 0 Å². The van der Waals surface area contributed by atoms with Gasteiger partial charge in [-0.25, -0.2) is 8.42 Å². The van der Waals surface area contributed by atoms with Crippen LogP contribution in [-0.2, 0) is 14.6 Å². The maximum absolute atomic E-state index is 11.1. The normalized spacial score (nSPS) is 14.7. The van der Waals surface area contributed by atoms with Gasteiger partial charge in [-0.3, -0.25) is 11.3 Å². The number of hydrazine groups is 1. The predicted octanol–water partition coefficient (Wildman–Crippen LogP) is 1.24. The molecule has 18 heavy (non-hydrogen) atoms. The average Bonchev–Trinajstić information content (AvgIpc) is 2.31. The van der Waals surface area contributed by atoms with Crippen LogP contribution < -0.4 is 11.3 Å². The van der Waals surface area contributed by atoms with Gasteiger partial charge in [0.15, 0.2) is 0 Å². The van der Waals surface area contributed by atoms with E-state index in [0.29, 0.717) is 19.4 Å². The van der Waals surface area contributed by atoms with Gasteiger partial charge in [0.1, 0.15) is 9.84 Å². The van der Waals surface area contributed by atoms with Crippen LogP contribution in [0.15, 0.2) is 0 Å². The Morgan fingerprint density at radius 2 is 1.83 bits per heavy atom. The lowest BCUT2D eigenvalue weighted by atomic mass is 9.86. The molecule has 0 aliphatic heterocycles. The van der Waals surface area contributed by atoms with Crippen molar-refractivity contribution in [1.82, 2.24) is 5.43 Å².